The molecule has 7 heteroatoms. The fraction of sp³-hybridized carbons (Fsp3) is 0.476. The highest BCUT2D eigenvalue weighted by Crippen LogP contribution is 2.46. The van der Waals surface area contributed by atoms with Gasteiger partial charge < -0.3 is 15.0 Å². The van der Waals surface area contributed by atoms with E-state index in [1.165, 1.54) is 12.7 Å². The number of ketones is 1. The van der Waals surface area contributed by atoms with Crippen LogP contribution in [0.15, 0.2) is 36.0 Å². The number of para-hydroxylation sites is 1. The Morgan fingerprint density at radius 2 is 2.04 bits per heavy atom. The molecule has 150 valence electrons. The third kappa shape index (κ3) is 3.67. The molecule has 2 heterocycles. The van der Waals surface area contributed by atoms with Crippen molar-refractivity contribution in [2.24, 2.45) is 0 Å². The van der Waals surface area contributed by atoms with Gasteiger partial charge in [0.2, 0.25) is 5.91 Å². The maximum absolute atomic E-state index is 12.9. The summed E-state index contributed by atoms with van der Waals surface area (Å²) in [6.07, 6.45) is 1.60. The second kappa shape index (κ2) is 7.75. The number of carbonyl (C=O) groups is 3. The molecule has 1 aromatic rings. The number of hydrogen-bond acceptors (Lipinski definition) is 6. The fourth-order valence-corrected chi connectivity index (χ4v) is 4.07. The van der Waals surface area contributed by atoms with Gasteiger partial charge >= 0.3 is 5.97 Å². The first-order chi connectivity index (χ1) is 13.3. The van der Waals surface area contributed by atoms with Gasteiger partial charge in [-0.3, -0.25) is 19.3 Å². The Kier molecular flexibility index (Phi) is 5.56. The number of nitrogens with one attached hydrogen (secondary N) is 1. The summed E-state index contributed by atoms with van der Waals surface area (Å²) in [5.74, 6) is -0.805. The summed E-state index contributed by atoms with van der Waals surface area (Å²) in [6, 6.07) is 7.43. The summed E-state index contributed by atoms with van der Waals surface area (Å²) in [6.45, 7) is 5.25. The quantitative estimate of drug-likeness (QED) is 0.607. The fourth-order valence-electron chi connectivity index (χ4n) is 4.07. The van der Waals surface area contributed by atoms with Gasteiger partial charge in [-0.15, -0.1) is 0 Å². The van der Waals surface area contributed by atoms with E-state index in [9.17, 15) is 14.4 Å². The maximum atomic E-state index is 12.9. The number of benzene rings is 1. The molecule has 1 atom stereocenters. The van der Waals surface area contributed by atoms with Gasteiger partial charge in [0.1, 0.15) is 6.04 Å². The van der Waals surface area contributed by atoms with E-state index in [4.69, 9.17) is 4.74 Å². The number of hydrogen-bond donors (Lipinski definition) is 1. The molecule has 7 nitrogen and oxygen atoms in total. The van der Waals surface area contributed by atoms with Gasteiger partial charge in [-0.2, -0.15) is 0 Å². The Bertz CT molecular complexity index is 831. The normalized spacial score (nSPS) is 22.7. The summed E-state index contributed by atoms with van der Waals surface area (Å²) in [7, 11) is 3.25. The first-order valence-corrected chi connectivity index (χ1v) is 9.42. The molecule has 3 rings (SSSR count). The third-order valence-corrected chi connectivity index (χ3v) is 5.63. The smallest absolute Gasteiger partial charge is 0.307 e. The molecule has 1 fully saturated rings. The van der Waals surface area contributed by atoms with Crippen LogP contribution in [0.25, 0.3) is 0 Å². The van der Waals surface area contributed by atoms with Crippen molar-refractivity contribution in [2.75, 3.05) is 38.7 Å². The van der Waals surface area contributed by atoms with Crippen LogP contribution in [0.1, 0.15) is 25.8 Å². The zero-order chi connectivity index (χ0) is 20.5. The van der Waals surface area contributed by atoms with Crippen LogP contribution in [0.5, 0.6) is 0 Å². The zero-order valence-electron chi connectivity index (χ0n) is 16.8. The lowest BCUT2D eigenvalue weighted by Gasteiger charge is -2.33. The maximum Gasteiger partial charge on any atom is 0.307 e. The van der Waals surface area contributed by atoms with Crippen molar-refractivity contribution in [1.29, 1.82) is 0 Å². The van der Waals surface area contributed by atoms with Crippen LogP contribution in [0, 0.1) is 0 Å². The number of allylic oxidation sites excluding steroid dienone is 1. The van der Waals surface area contributed by atoms with Crippen molar-refractivity contribution >= 4 is 23.3 Å². The lowest BCUT2D eigenvalue weighted by molar-refractivity contribution is -0.146. The van der Waals surface area contributed by atoms with E-state index in [0.717, 1.165) is 11.4 Å². The summed E-state index contributed by atoms with van der Waals surface area (Å²) in [4.78, 5) is 40.5. The van der Waals surface area contributed by atoms with Crippen LogP contribution in [0.4, 0.5) is 5.69 Å². The van der Waals surface area contributed by atoms with Gasteiger partial charge in [0.25, 0.3) is 0 Å². The van der Waals surface area contributed by atoms with E-state index in [0.29, 0.717) is 13.1 Å². The van der Waals surface area contributed by atoms with E-state index >= 15 is 0 Å². The summed E-state index contributed by atoms with van der Waals surface area (Å²) >= 11 is 0. The molecular weight excluding hydrogens is 358 g/mol. The number of piperazine rings is 1. The molecule has 0 aromatic heterocycles. The molecule has 1 saturated heterocycles. The number of esters is 1. The van der Waals surface area contributed by atoms with Crippen LogP contribution < -0.4 is 10.2 Å². The van der Waals surface area contributed by atoms with E-state index in [2.05, 4.69) is 25.2 Å². The van der Waals surface area contributed by atoms with Gasteiger partial charge in [-0.05, 0) is 11.6 Å². The van der Waals surface area contributed by atoms with Gasteiger partial charge in [0.15, 0.2) is 5.78 Å². The Labute approximate surface area is 165 Å². The van der Waals surface area contributed by atoms with Gasteiger partial charge in [0, 0.05) is 43.0 Å². The topological polar surface area (TPSA) is 79.0 Å². The number of rotatable bonds is 5. The standard InChI is InChI=1S/C21H27N3O4/c1-21(2)15-7-5-6-8-16(15)23(3)18(21)11-14(25)13-24-10-9-22-20(27)17(24)12-19(26)28-4/h5-8,11,17H,9-10,12-13H2,1-4H3,(H,22,27). The Hall–Kier alpha value is -2.67. The Balaban J connectivity index is 1.79. The molecule has 1 amide bonds. The number of methoxy groups -OCH3 is 1. The largest absolute Gasteiger partial charge is 0.469 e. The summed E-state index contributed by atoms with van der Waals surface area (Å²) < 4.78 is 4.69. The minimum Gasteiger partial charge on any atom is -0.469 e. The van der Waals surface area contributed by atoms with Crippen molar-refractivity contribution in [1.82, 2.24) is 10.2 Å². The predicted octanol–water partition coefficient (Wildman–Crippen LogP) is 1.23. The first-order valence-electron chi connectivity index (χ1n) is 9.42. The lowest BCUT2D eigenvalue weighted by Crippen LogP contribution is -2.57. The van der Waals surface area contributed by atoms with Crippen LogP contribution in [0.2, 0.25) is 0 Å². The van der Waals surface area contributed by atoms with Gasteiger partial charge in [-0.1, -0.05) is 32.0 Å². The number of anilines is 1. The molecule has 1 N–H and O–H groups in total. The Morgan fingerprint density at radius 1 is 1.32 bits per heavy atom. The molecule has 0 spiro atoms. The predicted molar refractivity (Wildman–Crippen MR) is 106 cm³/mol. The lowest BCUT2D eigenvalue weighted by atomic mass is 9.83. The van der Waals surface area contributed by atoms with Crippen molar-refractivity contribution < 1.29 is 19.1 Å². The molecule has 2 aliphatic heterocycles. The monoisotopic (exact) mass is 385 g/mol. The van der Waals surface area contributed by atoms with E-state index in [-0.39, 0.29) is 30.1 Å². The second-order valence-electron chi connectivity index (χ2n) is 7.75. The van der Waals surface area contributed by atoms with E-state index in [1.54, 1.807) is 11.0 Å². The molecule has 0 aliphatic carbocycles. The first kappa shape index (κ1) is 20.1. The summed E-state index contributed by atoms with van der Waals surface area (Å²) in [5, 5.41) is 2.75. The van der Waals surface area contributed by atoms with E-state index < -0.39 is 12.0 Å². The highest BCUT2D eigenvalue weighted by Gasteiger charge is 2.39. The number of ether oxygens (including phenoxy) is 1. The highest BCUT2D eigenvalue weighted by atomic mass is 16.5. The molecule has 1 unspecified atom stereocenters. The average molecular weight is 385 g/mol. The van der Waals surface area contributed by atoms with Crippen molar-refractivity contribution in [3.63, 3.8) is 0 Å². The number of carbonyl (C=O) groups excluding carboxylic acids is 3. The zero-order valence-corrected chi connectivity index (χ0v) is 16.8. The molecule has 0 radical (unpaired) electrons. The van der Waals surface area contributed by atoms with Crippen molar-refractivity contribution in [3.8, 4) is 0 Å². The number of fused-ring (bicyclic) bond motifs is 1. The number of amides is 1. The van der Waals surface area contributed by atoms with Gasteiger partial charge in [-0.25, -0.2) is 0 Å². The SMILES string of the molecule is COC(=O)CC1C(=O)NCCN1CC(=O)C=C1N(C)c2ccccc2C1(C)C. The molecule has 1 aromatic carbocycles. The minimum absolute atomic E-state index is 0.0664. The minimum atomic E-state index is -0.685. The van der Waals surface area contributed by atoms with Crippen molar-refractivity contribution in [2.45, 2.75) is 31.7 Å². The molecular formula is C21H27N3O4. The van der Waals surface area contributed by atoms with Gasteiger partial charge in [0.05, 0.1) is 20.1 Å². The van der Waals surface area contributed by atoms with Crippen LogP contribution in [-0.2, 0) is 24.5 Å². The second-order valence-corrected chi connectivity index (χ2v) is 7.75. The van der Waals surface area contributed by atoms with Crippen LogP contribution in [-0.4, -0.2) is 62.4 Å². The summed E-state index contributed by atoms with van der Waals surface area (Å²) in [5.41, 5.74) is 2.90. The molecule has 0 bridgehead atoms. The van der Waals surface area contributed by atoms with Crippen LogP contribution in [0.3, 0.4) is 0 Å². The third-order valence-electron chi connectivity index (χ3n) is 5.63. The molecule has 2 aliphatic rings. The molecule has 28 heavy (non-hydrogen) atoms. The number of nitrogens with zero attached hydrogens (tertiary/aromatic N) is 2. The highest BCUT2D eigenvalue weighted by molar-refractivity contribution is 5.95. The van der Waals surface area contributed by atoms with E-state index in [1.807, 2.05) is 30.1 Å². The Morgan fingerprint density at radius 3 is 2.71 bits per heavy atom. The van der Waals surface area contributed by atoms with Crippen LogP contribution >= 0.6 is 0 Å². The average Bonchev–Trinajstić information content (AvgIpc) is 2.85. The van der Waals surface area contributed by atoms with Crippen molar-refractivity contribution in [3.05, 3.63) is 41.6 Å². The number of likely N-dealkylation sites (N-methyl/N-ethyl adjacent to an activating group) is 1. The molecule has 0 saturated carbocycles.